The molecule has 0 atom stereocenters. The Morgan fingerprint density at radius 1 is 1.13 bits per heavy atom. The lowest BCUT2D eigenvalue weighted by Gasteiger charge is -2.08. The van der Waals surface area contributed by atoms with Crippen LogP contribution in [0.2, 0.25) is 0 Å². The number of aromatic nitrogens is 2. The third-order valence-corrected chi connectivity index (χ3v) is 4.77. The Hall–Kier alpha value is -3.72. The molecule has 160 valence electrons. The van der Waals surface area contributed by atoms with Crippen LogP contribution in [0, 0.1) is 13.8 Å². The molecule has 1 aromatic heterocycles. The average Bonchev–Trinajstić information content (AvgIpc) is 3.00. The molecule has 1 heterocycles. The van der Waals surface area contributed by atoms with Crippen LogP contribution in [0.25, 0.3) is 11.3 Å². The molecule has 0 bridgehead atoms. The number of aromatic carboxylic acids is 1. The first-order valence-corrected chi connectivity index (χ1v) is 9.86. The van der Waals surface area contributed by atoms with E-state index in [4.69, 9.17) is 17.3 Å². The van der Waals surface area contributed by atoms with Crippen molar-refractivity contribution in [1.29, 1.82) is 0 Å². The Morgan fingerprint density at radius 2 is 1.74 bits per heavy atom. The number of hydrogen-bond acceptors (Lipinski definition) is 5. The zero-order chi connectivity index (χ0) is 22.7. The van der Waals surface area contributed by atoms with Crippen molar-refractivity contribution in [2.75, 3.05) is 5.32 Å². The van der Waals surface area contributed by atoms with Gasteiger partial charge in [-0.1, -0.05) is 17.2 Å². The van der Waals surface area contributed by atoms with Crippen LogP contribution in [0.4, 0.5) is 5.69 Å². The molecule has 0 fully saturated rings. The average molecular weight is 438 g/mol. The molecule has 0 aliphatic heterocycles. The van der Waals surface area contributed by atoms with Crippen LogP contribution >= 0.6 is 12.2 Å². The number of carboxylic acid groups (broad SMARTS) is 1. The molecule has 2 aromatic carbocycles. The van der Waals surface area contributed by atoms with Crippen LogP contribution in [-0.4, -0.2) is 36.8 Å². The number of hydrazone groups is 1. The number of benzene rings is 2. The second-order valence-corrected chi connectivity index (χ2v) is 7.60. The summed E-state index contributed by atoms with van der Waals surface area (Å²) in [6, 6.07) is 12.2. The predicted molar refractivity (Wildman–Crippen MR) is 125 cm³/mol. The summed E-state index contributed by atoms with van der Waals surface area (Å²) in [5, 5.41) is 31.5. The molecular formula is C22H23N5O3S. The number of carbonyl (C=O) groups is 1. The molecule has 0 unspecified atom stereocenters. The highest BCUT2D eigenvalue weighted by Gasteiger charge is 2.19. The Balaban J connectivity index is 1.76. The van der Waals surface area contributed by atoms with Gasteiger partial charge in [0.2, 0.25) is 0 Å². The highest BCUT2D eigenvalue weighted by molar-refractivity contribution is 7.80. The number of nitrogens with zero attached hydrogens (tertiary/aromatic N) is 3. The van der Waals surface area contributed by atoms with Crippen molar-refractivity contribution in [3.63, 3.8) is 0 Å². The van der Waals surface area contributed by atoms with Crippen LogP contribution in [0.15, 0.2) is 47.6 Å². The van der Waals surface area contributed by atoms with Gasteiger partial charge in [0.15, 0.2) is 16.6 Å². The number of nitrogens with one attached hydrogen (secondary N) is 2. The molecule has 9 heteroatoms. The third kappa shape index (κ3) is 5.07. The Labute approximate surface area is 185 Å². The molecule has 4 N–H and O–H groups in total. The van der Waals surface area contributed by atoms with Gasteiger partial charge in [0.05, 0.1) is 11.3 Å². The maximum absolute atomic E-state index is 10.9. The van der Waals surface area contributed by atoms with Crippen LogP contribution in [0.1, 0.15) is 34.1 Å². The molecule has 0 saturated heterocycles. The topological polar surface area (TPSA) is 112 Å². The zero-order valence-corrected chi connectivity index (χ0v) is 18.4. The van der Waals surface area contributed by atoms with Crippen molar-refractivity contribution >= 4 is 34.7 Å². The van der Waals surface area contributed by atoms with Gasteiger partial charge in [-0.2, -0.15) is 10.2 Å². The molecule has 0 saturated carbocycles. The van der Waals surface area contributed by atoms with Gasteiger partial charge < -0.3 is 15.5 Å². The number of thiocarbonyl (C=S) groups is 1. The van der Waals surface area contributed by atoms with Gasteiger partial charge in [-0.25, -0.2) is 4.79 Å². The van der Waals surface area contributed by atoms with E-state index in [1.807, 2.05) is 26.0 Å². The molecule has 31 heavy (non-hydrogen) atoms. The van der Waals surface area contributed by atoms with Crippen LogP contribution in [-0.2, 0) is 7.05 Å². The summed E-state index contributed by atoms with van der Waals surface area (Å²) in [5.41, 5.74) is 7.98. The molecule has 8 nitrogen and oxygen atoms in total. The van der Waals surface area contributed by atoms with E-state index in [9.17, 15) is 9.90 Å². The molecule has 0 aliphatic carbocycles. The van der Waals surface area contributed by atoms with Crippen LogP contribution < -0.4 is 10.7 Å². The summed E-state index contributed by atoms with van der Waals surface area (Å²) < 4.78 is 1.62. The van der Waals surface area contributed by atoms with Crippen molar-refractivity contribution in [2.24, 2.45) is 12.1 Å². The van der Waals surface area contributed by atoms with Gasteiger partial charge in [-0.05, 0) is 69.4 Å². The lowest BCUT2D eigenvalue weighted by Crippen LogP contribution is -2.25. The van der Waals surface area contributed by atoms with Gasteiger partial charge in [0.25, 0.3) is 0 Å². The zero-order valence-electron chi connectivity index (χ0n) is 17.6. The van der Waals surface area contributed by atoms with E-state index in [0.29, 0.717) is 22.8 Å². The fourth-order valence-electron chi connectivity index (χ4n) is 3.23. The fraction of sp³-hybridized carbons (Fsp3) is 0.182. The summed E-state index contributed by atoms with van der Waals surface area (Å²) in [7, 11) is 1.77. The third-order valence-electron chi connectivity index (χ3n) is 4.57. The van der Waals surface area contributed by atoms with Crippen molar-refractivity contribution in [2.45, 2.75) is 20.8 Å². The molecule has 0 amide bonds. The van der Waals surface area contributed by atoms with Gasteiger partial charge in [-0.3, -0.25) is 10.1 Å². The Bertz CT molecular complexity index is 1160. The Kier molecular flexibility index (Phi) is 6.36. The van der Waals surface area contributed by atoms with E-state index in [1.54, 1.807) is 30.8 Å². The summed E-state index contributed by atoms with van der Waals surface area (Å²) >= 11 is 5.22. The highest BCUT2D eigenvalue weighted by Crippen LogP contribution is 2.33. The first-order valence-electron chi connectivity index (χ1n) is 9.45. The van der Waals surface area contributed by atoms with E-state index >= 15 is 0 Å². The smallest absolute Gasteiger partial charge is 0.335 e. The van der Waals surface area contributed by atoms with Crippen LogP contribution in [0.5, 0.6) is 5.75 Å². The molecule has 3 rings (SSSR count). The van der Waals surface area contributed by atoms with Crippen molar-refractivity contribution in [3.8, 4) is 17.0 Å². The van der Waals surface area contributed by atoms with E-state index in [-0.39, 0.29) is 16.4 Å². The quantitative estimate of drug-likeness (QED) is 0.273. The number of rotatable bonds is 5. The molecular weight excluding hydrogens is 414 g/mol. The van der Waals surface area contributed by atoms with Crippen LogP contribution in [0.3, 0.4) is 0 Å². The first kappa shape index (κ1) is 22.0. The normalized spacial score (nSPS) is 11.3. The summed E-state index contributed by atoms with van der Waals surface area (Å²) in [6.45, 7) is 5.72. The SMILES string of the molecule is CC(=NNC(=S)Nc1ccc(C(=O)O)cc1)c1nn(C)c(-c2cc(C)cc(C)c2)c1O. The number of carboxylic acids is 1. The van der Waals surface area contributed by atoms with E-state index in [0.717, 1.165) is 16.7 Å². The molecule has 0 aliphatic rings. The van der Waals surface area contributed by atoms with E-state index in [2.05, 4.69) is 27.0 Å². The minimum Gasteiger partial charge on any atom is -0.504 e. The standard InChI is InChI=1S/C22H23N5O3S/c1-12-9-13(2)11-16(10-12)19-20(28)18(26-27(19)4)14(3)24-25-22(31)23-17-7-5-15(6-8-17)21(29)30/h5-11,28H,1-4H3,(H,29,30)(H2,23,25,31). The summed E-state index contributed by atoms with van der Waals surface area (Å²) in [4.78, 5) is 10.9. The minimum atomic E-state index is -0.997. The second-order valence-electron chi connectivity index (χ2n) is 7.19. The molecule has 0 radical (unpaired) electrons. The van der Waals surface area contributed by atoms with Gasteiger partial charge in [-0.15, -0.1) is 0 Å². The van der Waals surface area contributed by atoms with E-state index < -0.39 is 5.97 Å². The van der Waals surface area contributed by atoms with Crippen molar-refractivity contribution in [3.05, 3.63) is 64.8 Å². The number of aromatic hydroxyl groups is 1. The summed E-state index contributed by atoms with van der Waals surface area (Å²) in [6.07, 6.45) is 0. The predicted octanol–water partition coefficient (Wildman–Crippen LogP) is 3.82. The Morgan fingerprint density at radius 3 is 2.32 bits per heavy atom. The number of aryl methyl sites for hydroxylation is 3. The maximum atomic E-state index is 10.9. The number of anilines is 1. The molecule has 0 spiro atoms. The van der Waals surface area contributed by atoms with Gasteiger partial charge in [0, 0.05) is 18.3 Å². The maximum Gasteiger partial charge on any atom is 0.335 e. The monoisotopic (exact) mass is 437 g/mol. The van der Waals surface area contributed by atoms with E-state index in [1.165, 1.54) is 12.1 Å². The first-order chi connectivity index (χ1) is 14.7. The van der Waals surface area contributed by atoms with Gasteiger partial charge in [0.1, 0.15) is 5.69 Å². The number of hydrogen-bond donors (Lipinski definition) is 4. The largest absolute Gasteiger partial charge is 0.504 e. The lowest BCUT2D eigenvalue weighted by atomic mass is 10.0. The van der Waals surface area contributed by atoms with Crippen molar-refractivity contribution < 1.29 is 15.0 Å². The summed E-state index contributed by atoms with van der Waals surface area (Å²) in [5.74, 6) is -0.957. The lowest BCUT2D eigenvalue weighted by molar-refractivity contribution is 0.0697. The fourth-order valence-corrected chi connectivity index (χ4v) is 3.40. The minimum absolute atomic E-state index is 0.0405. The molecule has 3 aromatic rings. The van der Waals surface area contributed by atoms with Crippen molar-refractivity contribution in [1.82, 2.24) is 15.2 Å². The second kappa shape index (κ2) is 8.97. The highest BCUT2D eigenvalue weighted by atomic mass is 32.1. The van der Waals surface area contributed by atoms with Gasteiger partial charge >= 0.3 is 5.97 Å².